The third-order valence-corrected chi connectivity index (χ3v) is 3.74. The van der Waals surface area contributed by atoms with Gasteiger partial charge in [0.25, 0.3) is 0 Å². The van der Waals surface area contributed by atoms with Crippen LogP contribution in [0.1, 0.15) is 23.7 Å². The summed E-state index contributed by atoms with van der Waals surface area (Å²) >= 11 is 1.16. The molecule has 0 atom stereocenters. The molecule has 2 aromatic heterocycles. The molecule has 0 radical (unpaired) electrons. The number of nitrogens with zero attached hydrogens (tertiary/aromatic N) is 2. The summed E-state index contributed by atoms with van der Waals surface area (Å²) in [5.74, 6) is 0. The average molecular weight is 277 g/mol. The Morgan fingerprint density at radius 3 is 3.00 bits per heavy atom. The number of hydrogen-bond acceptors (Lipinski definition) is 5. The third kappa shape index (κ3) is 3.59. The summed E-state index contributed by atoms with van der Waals surface area (Å²) in [5.41, 5.74) is 3.20. The number of aryl methyl sites for hydroxylation is 1. The molecule has 0 saturated carbocycles. The first-order valence-electron chi connectivity index (χ1n) is 6.06. The molecular formula is C13H15N3O2S. The van der Waals surface area contributed by atoms with Crippen LogP contribution in [0.3, 0.4) is 0 Å². The summed E-state index contributed by atoms with van der Waals surface area (Å²) in [6.07, 6.45) is 2.74. The second-order valence-corrected chi connectivity index (χ2v) is 5.01. The lowest BCUT2D eigenvalue weighted by Gasteiger charge is -2.07. The second kappa shape index (κ2) is 6.40. The van der Waals surface area contributed by atoms with Crippen LogP contribution >= 0.6 is 11.3 Å². The van der Waals surface area contributed by atoms with Crippen LogP contribution in [-0.2, 0) is 19.5 Å². The van der Waals surface area contributed by atoms with E-state index in [0.29, 0.717) is 13.1 Å². The number of hydrogen-bond donors (Lipinski definition) is 1. The summed E-state index contributed by atoms with van der Waals surface area (Å²) in [6.45, 7) is 3.39. The van der Waals surface area contributed by atoms with Crippen LogP contribution in [0, 0.1) is 10.1 Å². The molecule has 0 aliphatic rings. The number of nitro groups is 1. The molecule has 0 aliphatic carbocycles. The van der Waals surface area contributed by atoms with Crippen LogP contribution in [0.4, 0.5) is 5.00 Å². The number of thiophene rings is 1. The molecule has 6 heteroatoms. The van der Waals surface area contributed by atoms with Gasteiger partial charge in [-0.05, 0) is 23.6 Å². The van der Waals surface area contributed by atoms with Crippen LogP contribution in [0.25, 0.3) is 0 Å². The maximum atomic E-state index is 10.6. The van der Waals surface area contributed by atoms with Crippen LogP contribution in [0.5, 0.6) is 0 Å². The van der Waals surface area contributed by atoms with Gasteiger partial charge in [0.05, 0.1) is 10.6 Å². The zero-order valence-electron chi connectivity index (χ0n) is 10.6. The van der Waals surface area contributed by atoms with Crippen molar-refractivity contribution in [1.82, 2.24) is 10.3 Å². The fourth-order valence-electron chi connectivity index (χ4n) is 1.83. The van der Waals surface area contributed by atoms with E-state index in [-0.39, 0.29) is 9.92 Å². The van der Waals surface area contributed by atoms with E-state index in [4.69, 9.17) is 0 Å². The number of pyridine rings is 1. The topological polar surface area (TPSA) is 68.1 Å². The number of nitrogens with one attached hydrogen (secondary N) is 1. The molecule has 0 saturated heterocycles. The van der Waals surface area contributed by atoms with Crippen molar-refractivity contribution in [2.45, 2.75) is 26.4 Å². The first-order chi connectivity index (χ1) is 9.20. The molecule has 0 aliphatic heterocycles. The fraction of sp³-hybridized carbons (Fsp3) is 0.308. The van der Waals surface area contributed by atoms with Gasteiger partial charge in [0.1, 0.15) is 0 Å². The van der Waals surface area contributed by atoms with E-state index in [1.165, 1.54) is 5.56 Å². The van der Waals surface area contributed by atoms with Crippen molar-refractivity contribution in [3.05, 3.63) is 56.7 Å². The van der Waals surface area contributed by atoms with Gasteiger partial charge in [-0.15, -0.1) is 0 Å². The van der Waals surface area contributed by atoms with E-state index < -0.39 is 0 Å². The van der Waals surface area contributed by atoms with Gasteiger partial charge in [0, 0.05) is 30.7 Å². The molecule has 0 fully saturated rings. The first-order valence-corrected chi connectivity index (χ1v) is 6.94. The highest BCUT2D eigenvalue weighted by Crippen LogP contribution is 2.22. The molecule has 1 N–H and O–H groups in total. The van der Waals surface area contributed by atoms with Crippen molar-refractivity contribution < 1.29 is 4.92 Å². The zero-order chi connectivity index (χ0) is 13.7. The molecule has 5 nitrogen and oxygen atoms in total. The second-order valence-electron chi connectivity index (χ2n) is 4.12. The first kappa shape index (κ1) is 13.6. The smallest absolute Gasteiger partial charge is 0.307 e. The van der Waals surface area contributed by atoms with Crippen molar-refractivity contribution in [3.63, 3.8) is 0 Å². The van der Waals surface area contributed by atoms with E-state index in [2.05, 4.69) is 23.3 Å². The van der Waals surface area contributed by atoms with Crippen LogP contribution in [-0.4, -0.2) is 9.91 Å². The molecule has 0 bridgehead atoms. The van der Waals surface area contributed by atoms with E-state index in [0.717, 1.165) is 29.0 Å². The highest BCUT2D eigenvalue weighted by Gasteiger charge is 2.09. The van der Waals surface area contributed by atoms with Gasteiger partial charge in [-0.1, -0.05) is 24.3 Å². The summed E-state index contributed by atoms with van der Waals surface area (Å²) < 4.78 is 0. The lowest BCUT2D eigenvalue weighted by atomic mass is 10.1. The van der Waals surface area contributed by atoms with E-state index in [1.54, 1.807) is 12.3 Å². The molecule has 19 heavy (non-hydrogen) atoms. The molecule has 0 unspecified atom stereocenters. The Bertz CT molecular complexity index is 569. The van der Waals surface area contributed by atoms with Gasteiger partial charge in [0.2, 0.25) is 0 Å². The van der Waals surface area contributed by atoms with E-state index in [9.17, 15) is 10.1 Å². The lowest BCUT2D eigenvalue weighted by molar-refractivity contribution is -0.380. The molecule has 100 valence electrons. The van der Waals surface area contributed by atoms with Gasteiger partial charge in [-0.25, -0.2) is 0 Å². The standard InChI is InChI=1S/C13H15N3O2S/c1-2-11-4-3-5-15-12(11)8-14-7-10-6-13(16(17)18)19-9-10/h3-6,9,14H,2,7-8H2,1H3. The van der Waals surface area contributed by atoms with Crippen molar-refractivity contribution in [1.29, 1.82) is 0 Å². The highest BCUT2D eigenvalue weighted by molar-refractivity contribution is 7.13. The lowest BCUT2D eigenvalue weighted by Crippen LogP contribution is -2.14. The minimum Gasteiger partial charge on any atom is -0.307 e. The predicted octanol–water partition coefficient (Wildman–Crippen LogP) is 2.90. The molecule has 0 aromatic carbocycles. The highest BCUT2D eigenvalue weighted by atomic mass is 32.1. The van der Waals surface area contributed by atoms with E-state index >= 15 is 0 Å². The molecular weight excluding hydrogens is 262 g/mol. The number of rotatable bonds is 6. The van der Waals surface area contributed by atoms with Crippen LogP contribution in [0.15, 0.2) is 29.8 Å². The van der Waals surface area contributed by atoms with Crippen LogP contribution < -0.4 is 5.32 Å². The maximum Gasteiger partial charge on any atom is 0.324 e. The van der Waals surface area contributed by atoms with Gasteiger partial charge < -0.3 is 5.32 Å². The summed E-state index contributed by atoms with van der Waals surface area (Å²) in [5, 5.41) is 15.8. The molecule has 0 amide bonds. The fourth-order valence-corrected chi connectivity index (χ4v) is 2.56. The normalized spacial score (nSPS) is 10.6. The Hall–Kier alpha value is -1.79. The number of aromatic nitrogens is 1. The SMILES string of the molecule is CCc1cccnc1CNCc1csc([N+](=O)[O-])c1. The maximum absolute atomic E-state index is 10.6. The minimum absolute atomic E-state index is 0.184. The van der Waals surface area contributed by atoms with Gasteiger partial charge >= 0.3 is 5.00 Å². The quantitative estimate of drug-likeness (QED) is 0.651. The summed E-state index contributed by atoms with van der Waals surface area (Å²) in [4.78, 5) is 14.6. The zero-order valence-corrected chi connectivity index (χ0v) is 11.4. The Morgan fingerprint density at radius 2 is 2.32 bits per heavy atom. The molecule has 2 heterocycles. The van der Waals surface area contributed by atoms with Gasteiger partial charge in [-0.3, -0.25) is 15.1 Å². The van der Waals surface area contributed by atoms with Crippen molar-refractivity contribution in [2.75, 3.05) is 0 Å². The predicted molar refractivity (Wildman–Crippen MR) is 75.1 cm³/mol. The Balaban J connectivity index is 1.90. The van der Waals surface area contributed by atoms with Gasteiger partial charge in [0.15, 0.2) is 0 Å². The minimum atomic E-state index is -0.359. The van der Waals surface area contributed by atoms with E-state index in [1.807, 2.05) is 11.4 Å². The third-order valence-electron chi connectivity index (χ3n) is 2.81. The monoisotopic (exact) mass is 277 g/mol. The summed E-state index contributed by atoms with van der Waals surface area (Å²) in [6, 6.07) is 5.61. The average Bonchev–Trinajstić information content (AvgIpc) is 2.88. The largest absolute Gasteiger partial charge is 0.324 e. The van der Waals surface area contributed by atoms with Crippen LogP contribution in [0.2, 0.25) is 0 Å². The molecule has 2 rings (SSSR count). The Kier molecular flexibility index (Phi) is 4.59. The van der Waals surface area contributed by atoms with Crippen molar-refractivity contribution >= 4 is 16.3 Å². The van der Waals surface area contributed by atoms with Gasteiger partial charge in [-0.2, -0.15) is 0 Å². The molecule has 0 spiro atoms. The van der Waals surface area contributed by atoms with Crippen molar-refractivity contribution in [2.24, 2.45) is 0 Å². The Morgan fingerprint density at radius 1 is 1.47 bits per heavy atom. The molecule has 2 aromatic rings. The Labute approximate surface area is 115 Å². The summed E-state index contributed by atoms with van der Waals surface area (Å²) in [7, 11) is 0. The van der Waals surface area contributed by atoms with Crippen molar-refractivity contribution in [3.8, 4) is 0 Å².